The molecule has 0 spiro atoms. The van der Waals surface area contributed by atoms with Crippen LogP contribution < -0.4 is 20.1 Å². The van der Waals surface area contributed by atoms with Crippen LogP contribution >= 0.6 is 11.3 Å². The number of benzene rings is 2. The van der Waals surface area contributed by atoms with E-state index in [1.807, 2.05) is 49.6 Å². The predicted molar refractivity (Wildman–Crippen MR) is 102 cm³/mol. The van der Waals surface area contributed by atoms with E-state index in [2.05, 4.69) is 21.7 Å². The van der Waals surface area contributed by atoms with Crippen molar-refractivity contribution in [1.29, 1.82) is 0 Å². The minimum absolute atomic E-state index is 0.237. The second-order valence-electron chi connectivity index (χ2n) is 6.06. The summed E-state index contributed by atoms with van der Waals surface area (Å²) in [5.74, 6) is 1.44. The van der Waals surface area contributed by atoms with Crippen molar-refractivity contribution in [2.24, 2.45) is 0 Å². The smallest absolute Gasteiger partial charge is 0.325 e. The number of amides is 2. The van der Waals surface area contributed by atoms with Gasteiger partial charge in [-0.05, 0) is 55.3 Å². The molecule has 0 fully saturated rings. The van der Waals surface area contributed by atoms with Crippen LogP contribution in [0, 0.1) is 13.8 Å². The van der Waals surface area contributed by atoms with Crippen molar-refractivity contribution in [3.05, 3.63) is 52.9 Å². The zero-order valence-corrected chi connectivity index (χ0v) is 15.1. The lowest BCUT2D eigenvalue weighted by molar-refractivity contribution is 0.174. The first kappa shape index (κ1) is 16.4. The molecule has 2 heterocycles. The summed E-state index contributed by atoms with van der Waals surface area (Å²) in [4.78, 5) is 16.7. The van der Waals surface area contributed by atoms with E-state index in [-0.39, 0.29) is 12.8 Å². The number of aryl methyl sites for hydroxylation is 2. The molecular weight excluding hydrogens is 350 g/mol. The highest BCUT2D eigenvalue weighted by Crippen LogP contribution is 2.36. The van der Waals surface area contributed by atoms with Crippen LogP contribution in [0.4, 0.5) is 15.6 Å². The summed E-state index contributed by atoms with van der Waals surface area (Å²) >= 11 is 1.37. The van der Waals surface area contributed by atoms with E-state index in [0.29, 0.717) is 10.9 Å². The number of aromatic nitrogens is 1. The number of hydrogen-bond donors (Lipinski definition) is 2. The molecule has 0 unspecified atom stereocenters. The average molecular weight is 367 g/mol. The Morgan fingerprint density at radius 2 is 1.81 bits per heavy atom. The van der Waals surface area contributed by atoms with E-state index in [0.717, 1.165) is 33.8 Å². The van der Waals surface area contributed by atoms with Crippen LogP contribution in [0.25, 0.3) is 11.3 Å². The Morgan fingerprint density at radius 1 is 1.04 bits per heavy atom. The summed E-state index contributed by atoms with van der Waals surface area (Å²) in [7, 11) is 0. The first-order valence-electron chi connectivity index (χ1n) is 8.09. The monoisotopic (exact) mass is 367 g/mol. The summed E-state index contributed by atoms with van der Waals surface area (Å²) in [6.45, 7) is 4.23. The number of hydrogen-bond acceptors (Lipinski definition) is 5. The van der Waals surface area contributed by atoms with Crippen molar-refractivity contribution in [2.75, 3.05) is 17.4 Å². The number of urea groups is 1. The first-order valence-corrected chi connectivity index (χ1v) is 8.97. The Hall–Kier alpha value is -3.06. The van der Waals surface area contributed by atoms with Gasteiger partial charge in [-0.1, -0.05) is 6.07 Å². The Labute approximate surface area is 154 Å². The van der Waals surface area contributed by atoms with Crippen molar-refractivity contribution < 1.29 is 14.3 Å². The quantitative estimate of drug-likeness (QED) is 0.697. The number of carbonyl (C=O) groups excluding carboxylic acids is 1. The third-order valence-corrected chi connectivity index (χ3v) is 4.63. The van der Waals surface area contributed by atoms with Crippen molar-refractivity contribution >= 4 is 28.2 Å². The Kier molecular flexibility index (Phi) is 4.22. The fourth-order valence-electron chi connectivity index (χ4n) is 2.83. The van der Waals surface area contributed by atoms with Gasteiger partial charge >= 0.3 is 6.03 Å². The highest BCUT2D eigenvalue weighted by atomic mass is 32.1. The van der Waals surface area contributed by atoms with Crippen molar-refractivity contribution in [3.8, 4) is 22.8 Å². The van der Waals surface area contributed by atoms with Crippen LogP contribution in [0.3, 0.4) is 0 Å². The van der Waals surface area contributed by atoms with Gasteiger partial charge in [0.25, 0.3) is 0 Å². The van der Waals surface area contributed by atoms with Crippen LogP contribution in [0.5, 0.6) is 11.5 Å². The Balaban J connectivity index is 1.45. The molecule has 0 saturated heterocycles. The van der Waals surface area contributed by atoms with Crippen molar-refractivity contribution in [1.82, 2.24) is 4.98 Å². The Morgan fingerprint density at radius 3 is 2.62 bits per heavy atom. The van der Waals surface area contributed by atoms with Gasteiger partial charge in [-0.3, -0.25) is 5.32 Å². The number of carbonyl (C=O) groups is 1. The van der Waals surface area contributed by atoms with Gasteiger partial charge in [0.2, 0.25) is 6.79 Å². The molecule has 0 saturated carbocycles. The molecule has 2 amide bonds. The highest BCUT2D eigenvalue weighted by molar-refractivity contribution is 7.14. The second kappa shape index (κ2) is 6.68. The van der Waals surface area contributed by atoms with E-state index < -0.39 is 0 Å². The summed E-state index contributed by atoms with van der Waals surface area (Å²) in [5.41, 5.74) is 4.63. The molecule has 7 heteroatoms. The van der Waals surface area contributed by atoms with E-state index in [4.69, 9.17) is 9.47 Å². The van der Waals surface area contributed by atoms with Crippen molar-refractivity contribution in [2.45, 2.75) is 13.8 Å². The highest BCUT2D eigenvalue weighted by Gasteiger charge is 2.15. The van der Waals surface area contributed by atoms with E-state index >= 15 is 0 Å². The maximum atomic E-state index is 12.2. The summed E-state index contributed by atoms with van der Waals surface area (Å²) < 4.78 is 10.7. The van der Waals surface area contributed by atoms with Gasteiger partial charge < -0.3 is 14.8 Å². The SMILES string of the molecule is Cc1cc(C)cc(NC(=O)Nc2nc(-c3ccc4c(c3)OCO4)cs2)c1. The molecule has 3 aromatic rings. The molecule has 2 aromatic carbocycles. The number of rotatable bonds is 3. The number of ether oxygens (including phenoxy) is 2. The molecular formula is C19H17N3O3S. The zero-order valence-electron chi connectivity index (χ0n) is 14.3. The molecule has 1 aromatic heterocycles. The summed E-state index contributed by atoms with van der Waals surface area (Å²) in [6, 6.07) is 11.2. The molecule has 0 radical (unpaired) electrons. The normalized spacial score (nSPS) is 12.1. The van der Waals surface area contributed by atoms with Crippen LogP contribution in [0.1, 0.15) is 11.1 Å². The average Bonchev–Trinajstić information content (AvgIpc) is 3.21. The van der Waals surface area contributed by atoms with E-state index in [1.54, 1.807) is 0 Å². The number of nitrogens with zero attached hydrogens (tertiary/aromatic N) is 1. The van der Waals surface area contributed by atoms with Gasteiger partial charge in [0, 0.05) is 16.6 Å². The van der Waals surface area contributed by atoms with Crippen LogP contribution in [-0.2, 0) is 0 Å². The first-order chi connectivity index (χ1) is 12.6. The number of fused-ring (bicyclic) bond motifs is 1. The molecule has 132 valence electrons. The van der Waals surface area contributed by atoms with Gasteiger partial charge in [-0.15, -0.1) is 11.3 Å². The number of nitrogens with one attached hydrogen (secondary N) is 2. The van der Waals surface area contributed by atoms with Gasteiger partial charge in [0.05, 0.1) is 5.69 Å². The summed E-state index contributed by atoms with van der Waals surface area (Å²) in [6.07, 6.45) is 0. The van der Waals surface area contributed by atoms with Gasteiger partial charge in [0.1, 0.15) is 0 Å². The minimum atomic E-state index is -0.318. The number of thiazole rings is 1. The fraction of sp³-hybridized carbons (Fsp3) is 0.158. The molecule has 2 N–H and O–H groups in total. The van der Waals surface area contributed by atoms with Crippen LogP contribution in [-0.4, -0.2) is 17.8 Å². The van der Waals surface area contributed by atoms with Gasteiger partial charge in [-0.25, -0.2) is 9.78 Å². The third-order valence-electron chi connectivity index (χ3n) is 3.87. The third kappa shape index (κ3) is 3.48. The molecule has 0 aliphatic carbocycles. The lowest BCUT2D eigenvalue weighted by atomic mass is 10.1. The molecule has 26 heavy (non-hydrogen) atoms. The molecule has 1 aliphatic heterocycles. The van der Waals surface area contributed by atoms with Crippen LogP contribution in [0.15, 0.2) is 41.8 Å². The minimum Gasteiger partial charge on any atom is -0.454 e. The van der Waals surface area contributed by atoms with E-state index in [9.17, 15) is 4.79 Å². The zero-order chi connectivity index (χ0) is 18.1. The molecule has 1 aliphatic rings. The fourth-order valence-corrected chi connectivity index (χ4v) is 3.54. The molecule has 6 nitrogen and oxygen atoms in total. The maximum absolute atomic E-state index is 12.2. The van der Waals surface area contributed by atoms with Gasteiger partial charge in [0.15, 0.2) is 16.6 Å². The van der Waals surface area contributed by atoms with Crippen molar-refractivity contribution in [3.63, 3.8) is 0 Å². The lowest BCUT2D eigenvalue weighted by Crippen LogP contribution is -2.19. The number of anilines is 2. The molecule has 0 atom stereocenters. The van der Waals surface area contributed by atoms with Gasteiger partial charge in [-0.2, -0.15) is 0 Å². The van der Waals surface area contributed by atoms with E-state index in [1.165, 1.54) is 11.3 Å². The summed E-state index contributed by atoms with van der Waals surface area (Å²) in [5, 5.41) is 8.03. The lowest BCUT2D eigenvalue weighted by Gasteiger charge is -2.07. The second-order valence-corrected chi connectivity index (χ2v) is 6.92. The van der Waals surface area contributed by atoms with Crippen LogP contribution in [0.2, 0.25) is 0 Å². The standard InChI is InChI=1S/C19H17N3O3S/c1-11-5-12(2)7-14(6-11)20-18(23)22-19-21-15(9-26-19)13-3-4-16-17(8-13)25-10-24-16/h3-9H,10H2,1-2H3,(H2,20,21,22,23). The molecule has 4 rings (SSSR count). The largest absolute Gasteiger partial charge is 0.454 e. The Bertz CT molecular complexity index is 964. The maximum Gasteiger partial charge on any atom is 0.325 e. The molecule has 0 bridgehead atoms. The predicted octanol–water partition coefficient (Wildman–Crippen LogP) is 4.80. The topological polar surface area (TPSA) is 72.5 Å².